The molecule has 0 radical (unpaired) electrons. The van der Waals surface area contributed by atoms with Crippen LogP contribution in [0.4, 0.5) is 13.2 Å². The Kier molecular flexibility index (Phi) is 3.76. The van der Waals surface area contributed by atoms with E-state index in [1.165, 1.54) is 0 Å². The number of halogens is 3. The zero-order chi connectivity index (χ0) is 12.4. The molecule has 1 aliphatic rings. The molecule has 1 heterocycles. The fourth-order valence-electron chi connectivity index (χ4n) is 0.637. The highest BCUT2D eigenvalue weighted by Crippen LogP contribution is 2.21. The summed E-state index contributed by atoms with van der Waals surface area (Å²) in [7, 11) is -5.50. The summed E-state index contributed by atoms with van der Waals surface area (Å²) < 4.78 is 66.4. The molecule has 1 aliphatic heterocycles. The fraction of sp³-hybridized carbons (Fsp3) is 0.833. The lowest BCUT2D eigenvalue weighted by Crippen LogP contribution is -2.39. The van der Waals surface area contributed by atoms with E-state index in [0.717, 1.165) is 4.72 Å². The molecule has 0 amide bonds. The molecular weight excluding hydrogens is 255 g/mol. The third kappa shape index (κ3) is 3.94. The van der Waals surface area contributed by atoms with Crippen LogP contribution in [0, 0.1) is 0 Å². The van der Waals surface area contributed by atoms with Gasteiger partial charge in [-0.3, -0.25) is 4.79 Å². The van der Waals surface area contributed by atoms with Gasteiger partial charge >= 0.3 is 21.5 Å². The minimum Gasteiger partial charge on any atom is -0.462 e. The topological polar surface area (TPSA) is 85.0 Å². The zero-order valence-electron chi connectivity index (χ0n) is 7.78. The summed E-state index contributed by atoms with van der Waals surface area (Å²) in [4.78, 5) is 10.8. The van der Waals surface area contributed by atoms with Gasteiger partial charge in [0.2, 0.25) is 0 Å². The Morgan fingerprint density at radius 1 is 1.50 bits per heavy atom. The molecule has 0 bridgehead atoms. The molecule has 1 N–H and O–H groups in total. The Hall–Kier alpha value is -0.870. The summed E-state index contributed by atoms with van der Waals surface area (Å²) in [6.45, 7) is -0.733. The van der Waals surface area contributed by atoms with Gasteiger partial charge in [-0.05, 0) is 0 Å². The molecule has 94 valence electrons. The average Bonchev–Trinajstić information content (AvgIpc) is 2.93. The second kappa shape index (κ2) is 4.55. The van der Waals surface area contributed by atoms with E-state index in [-0.39, 0.29) is 12.7 Å². The number of carbonyl (C=O) groups excluding carboxylic acids is 1. The van der Waals surface area contributed by atoms with Crippen molar-refractivity contribution in [2.45, 2.75) is 11.6 Å². The first-order valence-corrected chi connectivity index (χ1v) is 5.54. The van der Waals surface area contributed by atoms with Gasteiger partial charge in [0.1, 0.15) is 19.3 Å². The first kappa shape index (κ1) is 13.2. The number of ether oxygens (including phenoxy) is 2. The minimum atomic E-state index is -5.50. The maximum absolute atomic E-state index is 11.8. The lowest BCUT2D eigenvalue weighted by Gasteiger charge is -2.08. The van der Waals surface area contributed by atoms with Gasteiger partial charge in [0, 0.05) is 0 Å². The number of hydrogen-bond acceptors (Lipinski definition) is 5. The van der Waals surface area contributed by atoms with Crippen molar-refractivity contribution in [1.29, 1.82) is 0 Å². The molecule has 0 aromatic heterocycles. The van der Waals surface area contributed by atoms with Crippen LogP contribution in [0.3, 0.4) is 0 Å². The molecule has 1 unspecified atom stereocenters. The number of epoxide rings is 1. The number of nitrogens with one attached hydrogen (secondary N) is 1. The normalized spacial score (nSPS) is 20.6. The molecule has 6 nitrogen and oxygen atoms in total. The molecule has 0 aromatic carbocycles. The van der Waals surface area contributed by atoms with Crippen molar-refractivity contribution in [1.82, 2.24) is 4.72 Å². The number of alkyl halides is 3. The van der Waals surface area contributed by atoms with Gasteiger partial charge in [-0.1, -0.05) is 0 Å². The van der Waals surface area contributed by atoms with Crippen LogP contribution in [0.15, 0.2) is 0 Å². The van der Waals surface area contributed by atoms with Crippen LogP contribution in [0.2, 0.25) is 0 Å². The van der Waals surface area contributed by atoms with Crippen molar-refractivity contribution < 1.29 is 35.9 Å². The average molecular weight is 263 g/mol. The van der Waals surface area contributed by atoms with Crippen molar-refractivity contribution >= 4 is 16.0 Å². The molecule has 1 rings (SSSR count). The van der Waals surface area contributed by atoms with E-state index in [2.05, 4.69) is 9.47 Å². The number of carbonyl (C=O) groups is 1. The van der Waals surface area contributed by atoms with Gasteiger partial charge in [0.15, 0.2) is 0 Å². The summed E-state index contributed by atoms with van der Waals surface area (Å²) in [5.74, 6) is -1.09. The van der Waals surface area contributed by atoms with Crippen molar-refractivity contribution in [3.8, 4) is 0 Å². The van der Waals surface area contributed by atoms with Crippen LogP contribution in [0.1, 0.15) is 0 Å². The van der Waals surface area contributed by atoms with E-state index in [1.54, 1.807) is 0 Å². The Labute approximate surface area is 88.8 Å². The SMILES string of the molecule is O=C(CNS(=O)(=O)C(F)(F)F)OCC1CO1. The Bertz CT molecular complexity index is 361. The smallest absolute Gasteiger partial charge is 0.462 e. The molecule has 0 spiro atoms. The summed E-state index contributed by atoms with van der Waals surface area (Å²) in [5.41, 5.74) is -5.44. The molecule has 0 aromatic rings. The summed E-state index contributed by atoms with van der Waals surface area (Å²) in [6, 6.07) is 0. The highest BCUT2D eigenvalue weighted by molar-refractivity contribution is 7.90. The van der Waals surface area contributed by atoms with E-state index in [9.17, 15) is 26.4 Å². The highest BCUT2D eigenvalue weighted by Gasteiger charge is 2.45. The third-order valence-corrected chi connectivity index (χ3v) is 2.68. The van der Waals surface area contributed by atoms with Crippen LogP contribution < -0.4 is 4.72 Å². The van der Waals surface area contributed by atoms with Crippen molar-refractivity contribution in [3.05, 3.63) is 0 Å². The van der Waals surface area contributed by atoms with E-state index < -0.39 is 28.0 Å². The first-order chi connectivity index (χ1) is 7.22. The molecule has 1 atom stereocenters. The van der Waals surface area contributed by atoms with Crippen LogP contribution in [-0.4, -0.2) is 45.8 Å². The van der Waals surface area contributed by atoms with E-state index in [4.69, 9.17) is 0 Å². The van der Waals surface area contributed by atoms with Gasteiger partial charge in [0.25, 0.3) is 0 Å². The molecule has 0 saturated carbocycles. The monoisotopic (exact) mass is 263 g/mol. The Balaban J connectivity index is 2.30. The lowest BCUT2D eigenvalue weighted by atomic mass is 10.5. The van der Waals surface area contributed by atoms with Crippen LogP contribution in [-0.2, 0) is 24.3 Å². The number of hydrogen-bond donors (Lipinski definition) is 1. The third-order valence-electron chi connectivity index (χ3n) is 1.54. The lowest BCUT2D eigenvalue weighted by molar-refractivity contribution is -0.142. The number of esters is 1. The summed E-state index contributed by atoms with van der Waals surface area (Å²) >= 11 is 0. The van der Waals surface area contributed by atoms with Gasteiger partial charge in [-0.25, -0.2) is 8.42 Å². The van der Waals surface area contributed by atoms with Crippen LogP contribution in [0.5, 0.6) is 0 Å². The van der Waals surface area contributed by atoms with Gasteiger partial charge < -0.3 is 9.47 Å². The van der Waals surface area contributed by atoms with Crippen molar-refractivity contribution in [3.63, 3.8) is 0 Å². The first-order valence-electron chi connectivity index (χ1n) is 4.05. The van der Waals surface area contributed by atoms with Crippen molar-refractivity contribution in [2.24, 2.45) is 0 Å². The van der Waals surface area contributed by atoms with Crippen molar-refractivity contribution in [2.75, 3.05) is 19.8 Å². The second-order valence-corrected chi connectivity index (χ2v) is 4.67. The largest absolute Gasteiger partial charge is 0.511 e. The predicted octanol–water partition coefficient (Wildman–Crippen LogP) is -0.632. The van der Waals surface area contributed by atoms with Gasteiger partial charge in [-0.2, -0.15) is 17.9 Å². The predicted molar refractivity (Wildman–Crippen MR) is 43.7 cm³/mol. The quantitative estimate of drug-likeness (QED) is 0.527. The maximum Gasteiger partial charge on any atom is 0.511 e. The van der Waals surface area contributed by atoms with Crippen LogP contribution >= 0.6 is 0 Å². The minimum absolute atomic E-state index is 0.0907. The number of rotatable bonds is 5. The molecule has 1 saturated heterocycles. The summed E-state index contributed by atoms with van der Waals surface area (Å²) in [6.07, 6.45) is -0.233. The Morgan fingerprint density at radius 2 is 2.06 bits per heavy atom. The Morgan fingerprint density at radius 3 is 2.50 bits per heavy atom. The van der Waals surface area contributed by atoms with E-state index in [0.29, 0.717) is 6.61 Å². The van der Waals surface area contributed by atoms with E-state index >= 15 is 0 Å². The summed E-state index contributed by atoms with van der Waals surface area (Å²) in [5, 5.41) is 0. The second-order valence-electron chi connectivity index (χ2n) is 2.91. The van der Waals surface area contributed by atoms with Gasteiger partial charge in [-0.15, -0.1) is 0 Å². The molecule has 10 heteroatoms. The maximum atomic E-state index is 11.8. The zero-order valence-corrected chi connectivity index (χ0v) is 8.60. The van der Waals surface area contributed by atoms with Crippen LogP contribution in [0.25, 0.3) is 0 Å². The van der Waals surface area contributed by atoms with E-state index in [1.807, 2.05) is 0 Å². The standard InChI is InChI=1S/C6H8F3NO5S/c7-6(8,9)16(12,13)10-1-5(11)15-3-4-2-14-4/h4,10H,1-3H2. The highest BCUT2D eigenvalue weighted by atomic mass is 32.2. The number of sulfonamides is 1. The molecule has 0 aliphatic carbocycles. The fourth-order valence-corrected chi connectivity index (χ4v) is 1.11. The molecule has 16 heavy (non-hydrogen) atoms. The molecular formula is C6H8F3NO5S. The molecule has 1 fully saturated rings. The van der Waals surface area contributed by atoms with Gasteiger partial charge in [0.05, 0.1) is 6.61 Å².